The molecule has 31 heavy (non-hydrogen) atoms. The van der Waals surface area contributed by atoms with Gasteiger partial charge < -0.3 is 9.73 Å². The second-order valence-electron chi connectivity index (χ2n) is 7.36. The number of nitrogens with zero attached hydrogens (tertiary/aromatic N) is 3. The molecule has 3 aromatic rings. The van der Waals surface area contributed by atoms with Crippen molar-refractivity contribution in [1.82, 2.24) is 14.5 Å². The highest BCUT2D eigenvalue weighted by molar-refractivity contribution is 7.89. The Morgan fingerprint density at radius 2 is 1.84 bits per heavy atom. The largest absolute Gasteiger partial charge is 0.420 e. The first-order valence-corrected chi connectivity index (χ1v) is 11.2. The Morgan fingerprint density at radius 1 is 1.13 bits per heavy atom. The molecule has 1 saturated heterocycles. The Hall–Kier alpha value is -3.11. The van der Waals surface area contributed by atoms with E-state index >= 15 is 0 Å². The molecular weight excluding hydrogens is 423 g/mol. The van der Waals surface area contributed by atoms with Crippen molar-refractivity contribution in [3.05, 3.63) is 60.2 Å². The van der Waals surface area contributed by atoms with Gasteiger partial charge in [-0.1, -0.05) is 0 Å². The van der Waals surface area contributed by atoms with Gasteiger partial charge in [0.2, 0.25) is 27.7 Å². The molecule has 1 aliphatic heterocycles. The summed E-state index contributed by atoms with van der Waals surface area (Å²) in [6.45, 7) is 2.00. The number of piperidine rings is 1. The first kappa shape index (κ1) is 21.1. The lowest BCUT2D eigenvalue weighted by Crippen LogP contribution is -2.39. The maximum atomic E-state index is 13.1. The lowest BCUT2D eigenvalue weighted by molar-refractivity contribution is -0.114. The molecule has 162 valence electrons. The number of sulfonamides is 1. The zero-order valence-corrected chi connectivity index (χ0v) is 17.6. The monoisotopic (exact) mass is 444 g/mol. The summed E-state index contributed by atoms with van der Waals surface area (Å²) in [5.41, 5.74) is 1.13. The highest BCUT2D eigenvalue weighted by Crippen LogP contribution is 2.31. The van der Waals surface area contributed by atoms with Crippen LogP contribution >= 0.6 is 0 Å². The Balaban J connectivity index is 1.50. The van der Waals surface area contributed by atoms with E-state index in [1.807, 2.05) is 0 Å². The van der Waals surface area contributed by atoms with Crippen LogP contribution in [0.4, 0.5) is 10.1 Å². The molecule has 1 atom stereocenters. The second kappa shape index (κ2) is 8.56. The fourth-order valence-electron chi connectivity index (χ4n) is 3.53. The Labute approximate surface area is 179 Å². The average Bonchev–Trinajstić information content (AvgIpc) is 3.25. The number of hydrogen-bond acceptors (Lipinski definition) is 6. The van der Waals surface area contributed by atoms with Crippen LogP contribution in [0.15, 0.2) is 57.8 Å². The molecule has 4 rings (SSSR count). The third kappa shape index (κ3) is 4.64. The minimum atomic E-state index is -3.71. The number of hydrogen-bond donors (Lipinski definition) is 1. The van der Waals surface area contributed by atoms with Gasteiger partial charge in [-0.05, 0) is 61.4 Å². The Morgan fingerprint density at radius 3 is 2.52 bits per heavy atom. The third-order valence-electron chi connectivity index (χ3n) is 5.08. The number of carbonyl (C=O) groups excluding carboxylic acids is 1. The summed E-state index contributed by atoms with van der Waals surface area (Å²) < 4.78 is 46.5. The first-order chi connectivity index (χ1) is 14.8. The molecule has 0 radical (unpaired) electrons. The summed E-state index contributed by atoms with van der Waals surface area (Å²) in [6, 6.07) is 11.8. The molecule has 10 heteroatoms. The molecule has 1 aromatic heterocycles. The van der Waals surface area contributed by atoms with Gasteiger partial charge in [-0.25, -0.2) is 12.8 Å². The molecule has 1 amide bonds. The van der Waals surface area contributed by atoms with Crippen LogP contribution < -0.4 is 5.32 Å². The molecule has 8 nitrogen and oxygen atoms in total. The zero-order valence-electron chi connectivity index (χ0n) is 16.8. The molecule has 2 aromatic carbocycles. The van der Waals surface area contributed by atoms with Gasteiger partial charge in [0.1, 0.15) is 5.82 Å². The van der Waals surface area contributed by atoms with Gasteiger partial charge >= 0.3 is 0 Å². The molecule has 1 aliphatic rings. The fourth-order valence-corrected chi connectivity index (χ4v) is 5.06. The number of benzene rings is 2. The van der Waals surface area contributed by atoms with Crippen molar-refractivity contribution in [1.29, 1.82) is 0 Å². The Kier molecular flexibility index (Phi) is 5.84. The van der Waals surface area contributed by atoms with Gasteiger partial charge in [0.05, 0.1) is 10.8 Å². The van der Waals surface area contributed by atoms with Gasteiger partial charge in [0.25, 0.3) is 0 Å². The topological polar surface area (TPSA) is 105 Å². The van der Waals surface area contributed by atoms with Crippen molar-refractivity contribution in [3.8, 4) is 11.5 Å². The van der Waals surface area contributed by atoms with Crippen LogP contribution in [0.3, 0.4) is 0 Å². The van der Waals surface area contributed by atoms with E-state index in [0.29, 0.717) is 30.1 Å². The number of halogens is 1. The molecule has 0 aliphatic carbocycles. The summed E-state index contributed by atoms with van der Waals surface area (Å²) >= 11 is 0. The summed E-state index contributed by atoms with van der Waals surface area (Å²) in [5, 5.41) is 10.7. The van der Waals surface area contributed by atoms with Crippen LogP contribution in [0.5, 0.6) is 0 Å². The summed E-state index contributed by atoms with van der Waals surface area (Å²) in [4.78, 5) is 11.3. The molecule has 0 bridgehead atoms. The SMILES string of the molecule is CC(=O)Nc1ccc(S(=O)(=O)N2CCCC(c3nnc(-c4ccc(F)cc4)o3)C2)cc1. The van der Waals surface area contributed by atoms with Crippen LogP contribution in [0.2, 0.25) is 0 Å². The minimum absolute atomic E-state index is 0.153. The van der Waals surface area contributed by atoms with Crippen LogP contribution in [0.25, 0.3) is 11.5 Å². The molecule has 1 fully saturated rings. The van der Waals surface area contributed by atoms with Crippen molar-refractivity contribution in [2.45, 2.75) is 30.6 Å². The minimum Gasteiger partial charge on any atom is -0.420 e. The standard InChI is InChI=1S/C21H21FN4O4S/c1-14(27)23-18-8-10-19(11-9-18)31(28,29)26-12-2-3-16(13-26)21-25-24-20(30-21)15-4-6-17(22)7-5-15/h4-11,16H,2-3,12-13H2,1H3,(H,23,27). The van der Waals surface area contributed by atoms with Gasteiger partial charge in [-0.3, -0.25) is 4.79 Å². The number of amides is 1. The van der Waals surface area contributed by atoms with E-state index in [1.165, 1.54) is 35.5 Å². The maximum Gasteiger partial charge on any atom is 0.247 e. The average molecular weight is 444 g/mol. The van der Waals surface area contributed by atoms with Gasteiger partial charge in [0.15, 0.2) is 0 Å². The third-order valence-corrected chi connectivity index (χ3v) is 6.96. The number of carbonyl (C=O) groups is 1. The van der Waals surface area contributed by atoms with E-state index in [1.54, 1.807) is 24.3 Å². The van der Waals surface area contributed by atoms with Gasteiger partial charge in [0, 0.05) is 31.3 Å². The molecule has 1 N–H and O–H groups in total. The van der Waals surface area contributed by atoms with Crippen molar-refractivity contribution in [3.63, 3.8) is 0 Å². The lowest BCUT2D eigenvalue weighted by atomic mass is 10.00. The predicted molar refractivity (Wildman–Crippen MR) is 111 cm³/mol. The van der Waals surface area contributed by atoms with Crippen LogP contribution in [0.1, 0.15) is 31.6 Å². The Bertz CT molecular complexity index is 1180. The van der Waals surface area contributed by atoms with E-state index in [2.05, 4.69) is 15.5 Å². The summed E-state index contributed by atoms with van der Waals surface area (Å²) in [6.07, 6.45) is 1.38. The van der Waals surface area contributed by atoms with Crippen LogP contribution in [-0.4, -0.2) is 41.9 Å². The van der Waals surface area contributed by atoms with E-state index in [4.69, 9.17) is 4.42 Å². The van der Waals surface area contributed by atoms with Crippen molar-refractivity contribution in [2.24, 2.45) is 0 Å². The lowest BCUT2D eigenvalue weighted by Gasteiger charge is -2.30. The first-order valence-electron chi connectivity index (χ1n) is 9.80. The number of anilines is 1. The number of aromatic nitrogens is 2. The van der Waals surface area contributed by atoms with E-state index in [0.717, 1.165) is 6.42 Å². The van der Waals surface area contributed by atoms with Crippen molar-refractivity contribution < 1.29 is 22.0 Å². The quantitative estimate of drug-likeness (QED) is 0.647. The maximum absolute atomic E-state index is 13.1. The molecule has 0 saturated carbocycles. The molecule has 2 heterocycles. The van der Waals surface area contributed by atoms with E-state index < -0.39 is 10.0 Å². The van der Waals surface area contributed by atoms with Crippen molar-refractivity contribution >= 4 is 21.6 Å². The smallest absolute Gasteiger partial charge is 0.247 e. The zero-order chi connectivity index (χ0) is 22.0. The van der Waals surface area contributed by atoms with Crippen LogP contribution in [-0.2, 0) is 14.8 Å². The second-order valence-corrected chi connectivity index (χ2v) is 9.30. The molecule has 0 spiro atoms. The van der Waals surface area contributed by atoms with Gasteiger partial charge in [-0.15, -0.1) is 10.2 Å². The fraction of sp³-hybridized carbons (Fsp3) is 0.286. The number of nitrogens with one attached hydrogen (secondary N) is 1. The number of rotatable bonds is 5. The van der Waals surface area contributed by atoms with E-state index in [-0.39, 0.29) is 35.0 Å². The highest BCUT2D eigenvalue weighted by atomic mass is 32.2. The van der Waals surface area contributed by atoms with Crippen LogP contribution in [0, 0.1) is 5.82 Å². The van der Waals surface area contributed by atoms with E-state index in [9.17, 15) is 17.6 Å². The predicted octanol–water partition coefficient (Wildman–Crippen LogP) is 3.40. The van der Waals surface area contributed by atoms with Crippen molar-refractivity contribution in [2.75, 3.05) is 18.4 Å². The normalized spacial score (nSPS) is 17.4. The summed E-state index contributed by atoms with van der Waals surface area (Å²) in [5.74, 6) is -0.191. The van der Waals surface area contributed by atoms with Gasteiger partial charge in [-0.2, -0.15) is 4.31 Å². The molecule has 1 unspecified atom stereocenters. The molecular formula is C21H21FN4O4S. The highest BCUT2D eigenvalue weighted by Gasteiger charge is 2.33. The summed E-state index contributed by atoms with van der Waals surface area (Å²) in [7, 11) is -3.71.